The number of hydrogen-bond donors (Lipinski definition) is 1. The first-order valence-electron chi connectivity index (χ1n) is 5.95. The summed E-state index contributed by atoms with van der Waals surface area (Å²) < 4.78 is 5.29. The second kappa shape index (κ2) is 5.25. The largest absolute Gasteiger partial charge is 0.481 e. The summed E-state index contributed by atoms with van der Waals surface area (Å²) >= 11 is 0. The van der Waals surface area contributed by atoms with E-state index in [1.807, 2.05) is 6.20 Å². The number of hydrogen-bond acceptors (Lipinski definition) is 4. The first-order valence-corrected chi connectivity index (χ1v) is 5.95. The summed E-state index contributed by atoms with van der Waals surface area (Å²) in [5.74, 6) is 2.17. The molecule has 0 aromatic carbocycles. The third-order valence-electron chi connectivity index (χ3n) is 3.17. The van der Waals surface area contributed by atoms with Crippen molar-refractivity contribution in [2.24, 2.45) is 5.73 Å². The lowest BCUT2D eigenvalue weighted by Crippen LogP contribution is -2.09. The van der Waals surface area contributed by atoms with E-state index in [1.165, 1.54) is 25.7 Å². The zero-order valence-corrected chi connectivity index (χ0v) is 9.78. The molecule has 88 valence electrons. The van der Waals surface area contributed by atoms with E-state index < -0.39 is 0 Å². The molecule has 2 rings (SSSR count). The molecular formula is C12H19N3O. The molecule has 0 unspecified atom stereocenters. The van der Waals surface area contributed by atoms with Gasteiger partial charge in [0.2, 0.25) is 5.88 Å². The van der Waals surface area contributed by atoms with Gasteiger partial charge in [-0.1, -0.05) is 12.8 Å². The normalized spacial score (nSPS) is 16.6. The van der Waals surface area contributed by atoms with Crippen molar-refractivity contribution in [2.75, 3.05) is 13.7 Å². The van der Waals surface area contributed by atoms with Crippen molar-refractivity contribution in [3.8, 4) is 5.88 Å². The molecule has 1 aromatic heterocycles. The molecule has 0 atom stereocenters. The molecular weight excluding hydrogens is 202 g/mol. The van der Waals surface area contributed by atoms with Gasteiger partial charge in [-0.2, -0.15) is 4.98 Å². The molecule has 4 nitrogen and oxygen atoms in total. The number of nitrogens with zero attached hydrogens (tertiary/aromatic N) is 2. The maximum atomic E-state index is 5.53. The van der Waals surface area contributed by atoms with Crippen LogP contribution in [0, 0.1) is 0 Å². The minimum Gasteiger partial charge on any atom is -0.481 e. The number of methoxy groups -OCH3 is 1. The molecule has 1 aliphatic carbocycles. The highest BCUT2D eigenvalue weighted by Gasteiger charge is 2.20. The Kier molecular flexibility index (Phi) is 3.72. The molecule has 4 heteroatoms. The Balaban J connectivity index is 2.21. The Morgan fingerprint density at radius 1 is 1.44 bits per heavy atom. The van der Waals surface area contributed by atoms with Gasteiger partial charge in [0.15, 0.2) is 0 Å². The van der Waals surface area contributed by atoms with Crippen molar-refractivity contribution in [3.63, 3.8) is 0 Å². The Labute approximate surface area is 96.2 Å². The van der Waals surface area contributed by atoms with E-state index in [0.717, 1.165) is 17.8 Å². The quantitative estimate of drug-likeness (QED) is 0.839. The van der Waals surface area contributed by atoms with Gasteiger partial charge in [-0.3, -0.25) is 0 Å². The Bertz CT molecular complexity index is 348. The molecule has 1 heterocycles. The van der Waals surface area contributed by atoms with E-state index in [0.29, 0.717) is 18.3 Å². The summed E-state index contributed by atoms with van der Waals surface area (Å²) in [5.41, 5.74) is 6.54. The molecule has 1 aromatic rings. The topological polar surface area (TPSA) is 61.0 Å². The van der Waals surface area contributed by atoms with Crippen LogP contribution in [0.15, 0.2) is 6.20 Å². The van der Waals surface area contributed by atoms with Crippen molar-refractivity contribution in [1.29, 1.82) is 0 Å². The molecule has 16 heavy (non-hydrogen) atoms. The number of rotatable bonds is 4. The Morgan fingerprint density at radius 3 is 2.81 bits per heavy atom. The smallest absolute Gasteiger partial charge is 0.219 e. The standard InChI is InChI=1S/C12H19N3O/c1-16-12-10(6-7-13)8-14-11(15-12)9-4-2-3-5-9/h8-9H,2-7,13H2,1H3. The molecule has 0 spiro atoms. The van der Waals surface area contributed by atoms with Crippen LogP contribution in [0.25, 0.3) is 0 Å². The highest BCUT2D eigenvalue weighted by Crippen LogP contribution is 2.32. The zero-order valence-electron chi connectivity index (χ0n) is 9.78. The molecule has 0 amide bonds. The van der Waals surface area contributed by atoms with Gasteiger partial charge in [0, 0.05) is 17.7 Å². The lowest BCUT2D eigenvalue weighted by atomic mass is 10.1. The van der Waals surface area contributed by atoms with E-state index in [9.17, 15) is 0 Å². The van der Waals surface area contributed by atoms with Crippen molar-refractivity contribution < 1.29 is 4.74 Å². The van der Waals surface area contributed by atoms with Gasteiger partial charge < -0.3 is 10.5 Å². The number of nitrogens with two attached hydrogens (primary N) is 1. The maximum Gasteiger partial charge on any atom is 0.219 e. The van der Waals surface area contributed by atoms with Gasteiger partial charge in [0.25, 0.3) is 0 Å². The van der Waals surface area contributed by atoms with Gasteiger partial charge in [0.05, 0.1) is 7.11 Å². The van der Waals surface area contributed by atoms with E-state index in [-0.39, 0.29) is 0 Å². The lowest BCUT2D eigenvalue weighted by Gasteiger charge is -2.11. The maximum absolute atomic E-state index is 5.53. The second-order valence-electron chi connectivity index (χ2n) is 4.28. The van der Waals surface area contributed by atoms with Gasteiger partial charge in [-0.05, 0) is 25.8 Å². The van der Waals surface area contributed by atoms with E-state index >= 15 is 0 Å². The minimum atomic E-state index is 0.529. The highest BCUT2D eigenvalue weighted by atomic mass is 16.5. The van der Waals surface area contributed by atoms with E-state index in [2.05, 4.69) is 9.97 Å². The van der Waals surface area contributed by atoms with Crippen LogP contribution in [-0.4, -0.2) is 23.6 Å². The van der Waals surface area contributed by atoms with Gasteiger partial charge >= 0.3 is 0 Å². The minimum absolute atomic E-state index is 0.529. The van der Waals surface area contributed by atoms with E-state index in [4.69, 9.17) is 10.5 Å². The fraction of sp³-hybridized carbons (Fsp3) is 0.667. The highest BCUT2D eigenvalue weighted by molar-refractivity contribution is 5.25. The van der Waals surface area contributed by atoms with Crippen LogP contribution in [0.3, 0.4) is 0 Å². The summed E-state index contributed by atoms with van der Waals surface area (Å²) in [7, 11) is 1.65. The molecule has 1 fully saturated rings. The molecule has 0 aliphatic heterocycles. The molecule has 2 N–H and O–H groups in total. The van der Waals surface area contributed by atoms with Crippen molar-refractivity contribution in [2.45, 2.75) is 38.0 Å². The fourth-order valence-corrected chi connectivity index (χ4v) is 2.29. The molecule has 1 saturated carbocycles. The van der Waals surface area contributed by atoms with Gasteiger partial charge in [-0.15, -0.1) is 0 Å². The van der Waals surface area contributed by atoms with Gasteiger partial charge in [-0.25, -0.2) is 4.98 Å². The van der Waals surface area contributed by atoms with Crippen LogP contribution >= 0.6 is 0 Å². The fourth-order valence-electron chi connectivity index (χ4n) is 2.29. The van der Waals surface area contributed by atoms with E-state index in [1.54, 1.807) is 7.11 Å². The van der Waals surface area contributed by atoms with Crippen molar-refractivity contribution >= 4 is 0 Å². The Morgan fingerprint density at radius 2 is 2.19 bits per heavy atom. The third-order valence-corrected chi connectivity index (χ3v) is 3.17. The third kappa shape index (κ3) is 2.32. The number of aromatic nitrogens is 2. The lowest BCUT2D eigenvalue weighted by molar-refractivity contribution is 0.387. The molecule has 0 bridgehead atoms. The predicted octanol–water partition coefficient (Wildman–Crippen LogP) is 1.64. The van der Waals surface area contributed by atoms with Crippen LogP contribution in [0.1, 0.15) is 43.0 Å². The summed E-state index contributed by atoms with van der Waals surface area (Å²) in [5, 5.41) is 0. The summed E-state index contributed by atoms with van der Waals surface area (Å²) in [6, 6.07) is 0. The van der Waals surface area contributed by atoms with Crippen LogP contribution < -0.4 is 10.5 Å². The second-order valence-corrected chi connectivity index (χ2v) is 4.28. The first-order chi connectivity index (χ1) is 7.85. The van der Waals surface area contributed by atoms with Crippen LogP contribution in [0.2, 0.25) is 0 Å². The summed E-state index contributed by atoms with van der Waals surface area (Å²) in [4.78, 5) is 8.94. The first kappa shape index (κ1) is 11.3. The predicted molar refractivity (Wildman–Crippen MR) is 62.6 cm³/mol. The van der Waals surface area contributed by atoms with Crippen LogP contribution in [-0.2, 0) is 6.42 Å². The molecule has 1 aliphatic rings. The van der Waals surface area contributed by atoms with Crippen molar-refractivity contribution in [3.05, 3.63) is 17.6 Å². The Hall–Kier alpha value is -1.16. The van der Waals surface area contributed by atoms with Crippen LogP contribution in [0.4, 0.5) is 0 Å². The molecule has 0 radical (unpaired) electrons. The monoisotopic (exact) mass is 221 g/mol. The molecule has 0 saturated heterocycles. The van der Waals surface area contributed by atoms with Crippen molar-refractivity contribution in [1.82, 2.24) is 9.97 Å². The van der Waals surface area contributed by atoms with Crippen LogP contribution in [0.5, 0.6) is 5.88 Å². The zero-order chi connectivity index (χ0) is 11.4. The average Bonchev–Trinajstić information content (AvgIpc) is 2.83. The number of ether oxygens (including phenoxy) is 1. The van der Waals surface area contributed by atoms with Gasteiger partial charge in [0.1, 0.15) is 5.82 Å². The average molecular weight is 221 g/mol. The SMILES string of the molecule is COc1nc(C2CCCC2)ncc1CCN. The summed E-state index contributed by atoms with van der Waals surface area (Å²) in [6.07, 6.45) is 7.64. The summed E-state index contributed by atoms with van der Waals surface area (Å²) in [6.45, 7) is 0.600.